The molecule has 6 nitrogen and oxygen atoms in total. The number of aromatic nitrogens is 2. The Morgan fingerprint density at radius 2 is 2.00 bits per heavy atom. The summed E-state index contributed by atoms with van der Waals surface area (Å²) in [6.07, 6.45) is 8.31. The number of nitriles is 1. The van der Waals surface area contributed by atoms with Gasteiger partial charge in [0, 0.05) is 28.1 Å². The molecule has 1 aromatic heterocycles. The fraction of sp³-hybridized carbons (Fsp3) is 0.400. The van der Waals surface area contributed by atoms with Crippen LogP contribution in [0.25, 0.3) is 22.0 Å². The van der Waals surface area contributed by atoms with Gasteiger partial charge in [0.2, 0.25) is 5.91 Å². The minimum atomic E-state index is -0.0563. The molecule has 1 aliphatic heterocycles. The molecule has 2 aliphatic rings. The number of rotatable bonds is 3. The van der Waals surface area contributed by atoms with Crippen molar-refractivity contribution < 1.29 is 4.79 Å². The molecule has 0 radical (unpaired) electrons. The highest BCUT2D eigenvalue weighted by Gasteiger charge is 2.37. The number of hydrogen-bond acceptors (Lipinski definition) is 4. The SMILES string of the molecule is N#Cc1ccc(Cl)c(-c2ccc3[nH]nc(NC(=O)C4CCC5(CCCCC5)NC4)c3c2)c1. The molecule has 1 saturated carbocycles. The third kappa shape index (κ3) is 3.99. The summed E-state index contributed by atoms with van der Waals surface area (Å²) < 4.78 is 0. The minimum Gasteiger partial charge on any atom is -0.310 e. The largest absolute Gasteiger partial charge is 0.310 e. The highest BCUT2D eigenvalue weighted by Crippen LogP contribution is 2.37. The zero-order valence-electron chi connectivity index (χ0n) is 17.9. The zero-order chi connectivity index (χ0) is 22.1. The lowest BCUT2D eigenvalue weighted by Gasteiger charge is -2.43. The first-order valence-corrected chi connectivity index (χ1v) is 11.7. The molecular formula is C25H26ClN5O. The van der Waals surface area contributed by atoms with Gasteiger partial charge in [0.1, 0.15) is 0 Å². The number of amides is 1. The van der Waals surface area contributed by atoms with E-state index in [1.165, 1.54) is 32.1 Å². The smallest absolute Gasteiger partial charge is 0.229 e. The fourth-order valence-corrected chi connectivity index (χ4v) is 5.40. The van der Waals surface area contributed by atoms with E-state index in [0.29, 0.717) is 16.4 Å². The third-order valence-corrected chi connectivity index (χ3v) is 7.42. The number of carbonyl (C=O) groups is 1. The van der Waals surface area contributed by atoms with Gasteiger partial charge in [-0.05, 0) is 61.6 Å². The summed E-state index contributed by atoms with van der Waals surface area (Å²) in [4.78, 5) is 13.0. The molecule has 2 fully saturated rings. The number of hydrogen-bond donors (Lipinski definition) is 3. The highest BCUT2D eigenvalue weighted by molar-refractivity contribution is 6.33. The summed E-state index contributed by atoms with van der Waals surface area (Å²) in [7, 11) is 0. The Balaban J connectivity index is 1.34. The molecule has 1 amide bonds. The summed E-state index contributed by atoms with van der Waals surface area (Å²) in [5.74, 6) is 0.475. The average Bonchev–Trinajstić information content (AvgIpc) is 3.22. The number of nitrogens with zero attached hydrogens (tertiary/aromatic N) is 2. The van der Waals surface area contributed by atoms with Gasteiger partial charge in [-0.15, -0.1) is 0 Å². The van der Waals surface area contributed by atoms with Crippen molar-refractivity contribution in [3.8, 4) is 17.2 Å². The van der Waals surface area contributed by atoms with Crippen molar-refractivity contribution in [3.05, 3.63) is 47.0 Å². The highest BCUT2D eigenvalue weighted by atomic mass is 35.5. The lowest BCUT2D eigenvalue weighted by molar-refractivity contribution is -0.121. The molecule has 1 atom stereocenters. The first-order chi connectivity index (χ1) is 15.6. The van der Waals surface area contributed by atoms with E-state index in [9.17, 15) is 10.1 Å². The number of carbonyl (C=O) groups excluding carboxylic acids is 1. The summed E-state index contributed by atoms with van der Waals surface area (Å²) in [6, 6.07) is 13.2. The standard InChI is InChI=1S/C25H26ClN5O/c26-21-6-4-16(14-27)12-19(21)17-5-7-22-20(13-17)23(31-30-22)29-24(32)18-8-11-25(28-15-18)9-2-1-3-10-25/h4-7,12-13,18,28H,1-3,8-11,15H2,(H2,29,30,31,32). The maximum atomic E-state index is 13.0. The fourth-order valence-electron chi connectivity index (χ4n) is 5.17. The molecule has 1 spiro atoms. The van der Waals surface area contributed by atoms with E-state index in [4.69, 9.17) is 11.6 Å². The second-order valence-corrected chi connectivity index (χ2v) is 9.49. The molecule has 1 aliphatic carbocycles. The van der Waals surface area contributed by atoms with E-state index in [1.54, 1.807) is 18.2 Å². The summed E-state index contributed by atoms with van der Waals surface area (Å²) in [5, 5.41) is 24.7. The average molecular weight is 448 g/mol. The van der Waals surface area contributed by atoms with E-state index in [-0.39, 0.29) is 17.4 Å². The van der Waals surface area contributed by atoms with Crippen LogP contribution in [0.15, 0.2) is 36.4 Å². The Kier molecular flexibility index (Phi) is 5.62. The molecule has 2 heterocycles. The Morgan fingerprint density at radius 3 is 2.75 bits per heavy atom. The number of benzene rings is 2. The minimum absolute atomic E-state index is 0.00599. The molecule has 5 rings (SSSR count). The quantitative estimate of drug-likeness (QED) is 0.501. The lowest BCUT2D eigenvalue weighted by atomic mass is 9.74. The van der Waals surface area contributed by atoms with E-state index < -0.39 is 0 Å². The van der Waals surface area contributed by atoms with Gasteiger partial charge in [-0.25, -0.2) is 0 Å². The van der Waals surface area contributed by atoms with Gasteiger partial charge >= 0.3 is 0 Å². The molecule has 3 aromatic rings. The van der Waals surface area contributed by atoms with Crippen LogP contribution in [0, 0.1) is 17.2 Å². The van der Waals surface area contributed by atoms with Crippen LogP contribution in [0.4, 0.5) is 5.82 Å². The van der Waals surface area contributed by atoms with E-state index >= 15 is 0 Å². The summed E-state index contributed by atoms with van der Waals surface area (Å²) in [5.41, 5.74) is 3.28. The van der Waals surface area contributed by atoms with E-state index in [0.717, 1.165) is 41.4 Å². The number of halogens is 1. The van der Waals surface area contributed by atoms with Gasteiger partial charge in [0.25, 0.3) is 0 Å². The maximum Gasteiger partial charge on any atom is 0.229 e. The molecule has 32 heavy (non-hydrogen) atoms. The Labute approximate surface area is 192 Å². The maximum absolute atomic E-state index is 13.0. The third-order valence-electron chi connectivity index (χ3n) is 7.09. The molecule has 1 unspecified atom stereocenters. The van der Waals surface area contributed by atoms with E-state index in [1.807, 2.05) is 18.2 Å². The van der Waals surface area contributed by atoms with E-state index in [2.05, 4.69) is 26.9 Å². The van der Waals surface area contributed by atoms with Crippen molar-refractivity contribution >= 4 is 34.2 Å². The van der Waals surface area contributed by atoms with Crippen LogP contribution in [0.3, 0.4) is 0 Å². The Morgan fingerprint density at radius 1 is 1.16 bits per heavy atom. The van der Waals surface area contributed by atoms with Crippen LogP contribution in [0.5, 0.6) is 0 Å². The lowest BCUT2D eigenvalue weighted by Crippen LogP contribution is -2.54. The van der Waals surface area contributed by atoms with Gasteiger partial charge in [0.15, 0.2) is 5.82 Å². The number of anilines is 1. The number of piperidine rings is 1. The van der Waals surface area contributed by atoms with Gasteiger partial charge < -0.3 is 10.6 Å². The summed E-state index contributed by atoms with van der Waals surface area (Å²) >= 11 is 6.39. The Bertz CT molecular complexity index is 1190. The van der Waals surface area contributed by atoms with Crippen LogP contribution in [0.1, 0.15) is 50.5 Å². The van der Waals surface area contributed by atoms with Crippen molar-refractivity contribution in [1.82, 2.24) is 15.5 Å². The number of fused-ring (bicyclic) bond motifs is 1. The molecule has 164 valence electrons. The zero-order valence-corrected chi connectivity index (χ0v) is 18.6. The topological polar surface area (TPSA) is 93.6 Å². The number of H-pyrrole nitrogens is 1. The molecule has 7 heteroatoms. The summed E-state index contributed by atoms with van der Waals surface area (Å²) in [6.45, 7) is 0.718. The molecule has 0 bridgehead atoms. The van der Waals surface area contributed by atoms with Crippen LogP contribution < -0.4 is 10.6 Å². The first kappa shape index (κ1) is 21.0. The van der Waals surface area contributed by atoms with Gasteiger partial charge in [-0.1, -0.05) is 36.9 Å². The van der Waals surface area contributed by atoms with Crippen molar-refractivity contribution in [2.24, 2.45) is 5.92 Å². The predicted octanol–water partition coefficient (Wildman–Crippen LogP) is 5.40. The normalized spacial score (nSPS) is 20.2. The monoisotopic (exact) mass is 447 g/mol. The molecular weight excluding hydrogens is 422 g/mol. The van der Waals surface area contributed by atoms with Gasteiger partial charge in [0.05, 0.1) is 23.1 Å². The van der Waals surface area contributed by atoms with Crippen LogP contribution in [0.2, 0.25) is 5.02 Å². The van der Waals surface area contributed by atoms with Crippen LogP contribution >= 0.6 is 11.6 Å². The van der Waals surface area contributed by atoms with Crippen molar-refractivity contribution in [1.29, 1.82) is 5.26 Å². The van der Waals surface area contributed by atoms with Crippen LogP contribution in [-0.2, 0) is 4.79 Å². The van der Waals surface area contributed by atoms with Crippen molar-refractivity contribution in [2.75, 3.05) is 11.9 Å². The van der Waals surface area contributed by atoms with Gasteiger partial charge in [-0.3, -0.25) is 9.89 Å². The van der Waals surface area contributed by atoms with Crippen molar-refractivity contribution in [3.63, 3.8) is 0 Å². The van der Waals surface area contributed by atoms with Crippen LogP contribution in [-0.4, -0.2) is 28.2 Å². The van der Waals surface area contributed by atoms with Crippen molar-refractivity contribution in [2.45, 2.75) is 50.5 Å². The second-order valence-electron chi connectivity index (χ2n) is 9.09. The molecule has 3 N–H and O–H groups in total. The second kappa shape index (κ2) is 8.57. The molecule has 1 saturated heterocycles. The predicted molar refractivity (Wildman–Crippen MR) is 126 cm³/mol. The first-order valence-electron chi connectivity index (χ1n) is 11.3. The number of aromatic amines is 1. The van der Waals surface area contributed by atoms with Gasteiger partial charge in [-0.2, -0.15) is 10.4 Å². The Hall–Kier alpha value is -2.88. The number of nitrogens with one attached hydrogen (secondary N) is 3. The molecule has 2 aromatic carbocycles.